The van der Waals surface area contributed by atoms with Crippen LogP contribution in [0.2, 0.25) is 5.02 Å². The Balaban J connectivity index is 1.46. The molecule has 156 valence electrons. The maximum Gasteiger partial charge on any atom is 0.311 e. The molecule has 0 radical (unpaired) electrons. The van der Waals surface area contributed by atoms with E-state index in [9.17, 15) is 19.2 Å². The molecule has 1 fully saturated rings. The molecule has 1 heterocycles. The first-order chi connectivity index (χ1) is 14.3. The molecule has 1 aliphatic rings. The highest BCUT2D eigenvalue weighted by Crippen LogP contribution is 2.29. The van der Waals surface area contributed by atoms with E-state index < -0.39 is 30.3 Å². The highest BCUT2D eigenvalue weighted by Gasteiger charge is 2.36. The molecule has 0 unspecified atom stereocenters. The normalized spacial score (nSPS) is 15.6. The average molecular weight is 430 g/mol. The lowest BCUT2D eigenvalue weighted by molar-refractivity contribution is -0.152. The van der Waals surface area contributed by atoms with Crippen LogP contribution in [-0.4, -0.2) is 36.8 Å². The van der Waals surface area contributed by atoms with Crippen LogP contribution < -0.4 is 15.8 Å². The molecule has 3 amide bonds. The molecule has 8 nitrogen and oxygen atoms in total. The highest BCUT2D eigenvalue weighted by atomic mass is 35.5. The van der Waals surface area contributed by atoms with Gasteiger partial charge >= 0.3 is 5.97 Å². The summed E-state index contributed by atoms with van der Waals surface area (Å²) in [6, 6.07) is 13.5. The van der Waals surface area contributed by atoms with Crippen molar-refractivity contribution in [3.8, 4) is 0 Å². The Kier molecular flexibility index (Phi) is 6.68. The predicted molar refractivity (Wildman–Crippen MR) is 110 cm³/mol. The predicted octanol–water partition coefficient (Wildman–Crippen LogP) is 2.01. The number of anilines is 1. The standard InChI is InChI=1S/C21H20ClN3O5/c1-13-7-8-16(10-17(13)22)25-11-15(9-19(25)27)21(29)30-12-18(26)23-24-20(28)14-5-3-2-4-6-14/h2-8,10,15H,9,11-12H2,1H3,(H,23,26)(H,24,28)/t15-/m1/s1. The summed E-state index contributed by atoms with van der Waals surface area (Å²) < 4.78 is 4.99. The fourth-order valence-electron chi connectivity index (χ4n) is 2.94. The Hall–Kier alpha value is -3.39. The SMILES string of the molecule is Cc1ccc(N2C[C@H](C(=O)OCC(=O)NNC(=O)c3ccccc3)CC2=O)cc1Cl. The maximum absolute atomic E-state index is 12.3. The molecule has 0 spiro atoms. The van der Waals surface area contributed by atoms with Crippen molar-refractivity contribution in [2.75, 3.05) is 18.1 Å². The number of benzene rings is 2. The van der Waals surface area contributed by atoms with E-state index in [-0.39, 0.29) is 18.9 Å². The van der Waals surface area contributed by atoms with Crippen molar-refractivity contribution in [1.29, 1.82) is 0 Å². The summed E-state index contributed by atoms with van der Waals surface area (Å²) in [5, 5.41) is 0.528. The number of carbonyl (C=O) groups excluding carboxylic acids is 4. The zero-order valence-electron chi connectivity index (χ0n) is 16.2. The highest BCUT2D eigenvalue weighted by molar-refractivity contribution is 6.31. The number of esters is 1. The number of amides is 3. The van der Waals surface area contributed by atoms with Crippen LogP contribution in [0.5, 0.6) is 0 Å². The minimum atomic E-state index is -0.695. The molecular formula is C21H20ClN3O5. The van der Waals surface area contributed by atoms with Crippen molar-refractivity contribution in [3.63, 3.8) is 0 Å². The molecule has 0 aliphatic carbocycles. The maximum atomic E-state index is 12.3. The van der Waals surface area contributed by atoms with Gasteiger partial charge in [0.05, 0.1) is 5.92 Å². The van der Waals surface area contributed by atoms with E-state index in [1.54, 1.807) is 48.5 Å². The van der Waals surface area contributed by atoms with Gasteiger partial charge in [0.2, 0.25) is 5.91 Å². The third-order valence-corrected chi connectivity index (χ3v) is 5.03. The first-order valence-electron chi connectivity index (χ1n) is 9.22. The minimum Gasteiger partial charge on any atom is -0.455 e. The smallest absolute Gasteiger partial charge is 0.311 e. The summed E-state index contributed by atoms with van der Waals surface area (Å²) in [4.78, 5) is 49.7. The summed E-state index contributed by atoms with van der Waals surface area (Å²) in [6.45, 7) is 1.42. The fraction of sp³-hybridized carbons (Fsp3) is 0.238. The van der Waals surface area contributed by atoms with E-state index in [0.717, 1.165) is 5.56 Å². The summed E-state index contributed by atoms with van der Waals surface area (Å²) in [7, 11) is 0. The third-order valence-electron chi connectivity index (χ3n) is 4.62. The Labute approximate surface area is 178 Å². The van der Waals surface area contributed by atoms with Crippen LogP contribution in [0.4, 0.5) is 5.69 Å². The van der Waals surface area contributed by atoms with Crippen LogP contribution >= 0.6 is 11.6 Å². The van der Waals surface area contributed by atoms with E-state index in [1.807, 2.05) is 6.92 Å². The number of halogens is 1. The number of nitrogens with one attached hydrogen (secondary N) is 2. The second-order valence-electron chi connectivity index (χ2n) is 6.81. The van der Waals surface area contributed by atoms with Gasteiger partial charge in [-0.2, -0.15) is 0 Å². The van der Waals surface area contributed by atoms with Gasteiger partial charge in [-0.25, -0.2) is 0 Å². The molecule has 0 bridgehead atoms. The van der Waals surface area contributed by atoms with Crippen LogP contribution in [0, 0.1) is 12.8 Å². The molecule has 9 heteroatoms. The number of nitrogens with zero attached hydrogens (tertiary/aromatic N) is 1. The molecule has 2 N–H and O–H groups in total. The van der Waals surface area contributed by atoms with Gasteiger partial charge < -0.3 is 9.64 Å². The number of hydrogen-bond donors (Lipinski definition) is 2. The van der Waals surface area contributed by atoms with Gasteiger partial charge in [-0.3, -0.25) is 30.0 Å². The van der Waals surface area contributed by atoms with Gasteiger partial charge in [0, 0.05) is 29.2 Å². The quantitative estimate of drug-likeness (QED) is 0.558. The molecule has 3 rings (SSSR count). The van der Waals surface area contributed by atoms with Crippen molar-refractivity contribution in [3.05, 3.63) is 64.7 Å². The largest absolute Gasteiger partial charge is 0.455 e. The molecule has 1 atom stereocenters. The van der Waals surface area contributed by atoms with E-state index in [1.165, 1.54) is 4.90 Å². The Morgan fingerprint density at radius 2 is 1.87 bits per heavy atom. The van der Waals surface area contributed by atoms with Gasteiger partial charge in [0.25, 0.3) is 11.8 Å². The Morgan fingerprint density at radius 1 is 1.13 bits per heavy atom. The second kappa shape index (κ2) is 9.41. The van der Waals surface area contributed by atoms with Crippen LogP contribution in [0.25, 0.3) is 0 Å². The lowest BCUT2D eigenvalue weighted by atomic mass is 10.1. The van der Waals surface area contributed by atoms with E-state index in [4.69, 9.17) is 16.3 Å². The fourth-order valence-corrected chi connectivity index (χ4v) is 3.12. The molecule has 0 aromatic heterocycles. The minimum absolute atomic E-state index is 0.0172. The van der Waals surface area contributed by atoms with Crippen LogP contribution in [-0.2, 0) is 19.1 Å². The van der Waals surface area contributed by atoms with Crippen molar-refractivity contribution in [1.82, 2.24) is 10.9 Å². The molecular weight excluding hydrogens is 410 g/mol. The molecule has 1 saturated heterocycles. The Morgan fingerprint density at radius 3 is 2.57 bits per heavy atom. The monoisotopic (exact) mass is 429 g/mol. The number of hydrazine groups is 1. The average Bonchev–Trinajstić information content (AvgIpc) is 3.14. The number of hydrogen-bond acceptors (Lipinski definition) is 5. The molecule has 2 aromatic rings. The lowest BCUT2D eigenvalue weighted by Crippen LogP contribution is -2.43. The van der Waals surface area contributed by atoms with Crippen molar-refractivity contribution >= 4 is 41.0 Å². The van der Waals surface area contributed by atoms with Gasteiger partial charge in [0.1, 0.15) is 0 Å². The molecule has 2 aromatic carbocycles. The first-order valence-corrected chi connectivity index (χ1v) is 9.60. The van der Waals surface area contributed by atoms with Gasteiger partial charge in [-0.1, -0.05) is 35.9 Å². The zero-order valence-corrected chi connectivity index (χ0v) is 16.9. The van der Waals surface area contributed by atoms with Crippen LogP contribution in [0.1, 0.15) is 22.3 Å². The topological polar surface area (TPSA) is 105 Å². The Bertz CT molecular complexity index is 980. The van der Waals surface area contributed by atoms with Gasteiger partial charge in [-0.15, -0.1) is 0 Å². The number of ether oxygens (including phenoxy) is 1. The summed E-state index contributed by atoms with van der Waals surface area (Å²) >= 11 is 6.11. The number of rotatable bonds is 5. The van der Waals surface area contributed by atoms with Gasteiger partial charge in [0.15, 0.2) is 6.61 Å². The second-order valence-corrected chi connectivity index (χ2v) is 7.22. The van der Waals surface area contributed by atoms with Crippen molar-refractivity contribution in [2.24, 2.45) is 5.92 Å². The third kappa shape index (κ3) is 5.15. The molecule has 30 heavy (non-hydrogen) atoms. The lowest BCUT2D eigenvalue weighted by Gasteiger charge is -2.17. The van der Waals surface area contributed by atoms with E-state index in [0.29, 0.717) is 16.3 Å². The number of aryl methyl sites for hydroxylation is 1. The first kappa shape index (κ1) is 21.3. The summed E-state index contributed by atoms with van der Waals surface area (Å²) in [5.74, 6) is -2.77. The summed E-state index contributed by atoms with van der Waals surface area (Å²) in [6.07, 6.45) is -0.0172. The van der Waals surface area contributed by atoms with Crippen LogP contribution in [0.15, 0.2) is 48.5 Å². The van der Waals surface area contributed by atoms with Crippen molar-refractivity contribution in [2.45, 2.75) is 13.3 Å². The van der Waals surface area contributed by atoms with Gasteiger partial charge in [-0.05, 0) is 36.8 Å². The summed E-state index contributed by atoms with van der Waals surface area (Å²) in [5.41, 5.74) is 6.26. The number of carbonyl (C=O) groups is 4. The van der Waals surface area contributed by atoms with Crippen molar-refractivity contribution < 1.29 is 23.9 Å². The van der Waals surface area contributed by atoms with E-state index in [2.05, 4.69) is 10.9 Å². The molecule has 1 aliphatic heterocycles. The zero-order chi connectivity index (χ0) is 21.7. The molecule has 0 saturated carbocycles. The van der Waals surface area contributed by atoms with E-state index >= 15 is 0 Å². The van der Waals surface area contributed by atoms with Crippen LogP contribution in [0.3, 0.4) is 0 Å².